The van der Waals surface area contributed by atoms with Gasteiger partial charge in [0, 0.05) is 24.7 Å². The third-order valence-electron chi connectivity index (χ3n) is 5.60. The molecule has 3 aromatic carbocycles. The number of anilines is 1. The van der Waals surface area contributed by atoms with Gasteiger partial charge in [0.1, 0.15) is 11.3 Å². The van der Waals surface area contributed by atoms with Crippen molar-refractivity contribution in [1.29, 1.82) is 0 Å². The van der Waals surface area contributed by atoms with Crippen LogP contribution in [0.2, 0.25) is 0 Å². The second kappa shape index (κ2) is 8.11. The highest BCUT2D eigenvalue weighted by molar-refractivity contribution is 6.12. The molecule has 1 heterocycles. The normalized spacial score (nSPS) is 10.9. The first-order valence-corrected chi connectivity index (χ1v) is 10.2. The van der Waals surface area contributed by atoms with Gasteiger partial charge in [0.25, 0.3) is 11.5 Å². The minimum atomic E-state index is -0.523. The molecule has 0 aliphatic carbocycles. The molecule has 31 heavy (non-hydrogen) atoms. The molecule has 0 spiro atoms. The van der Waals surface area contributed by atoms with Crippen molar-refractivity contribution >= 4 is 22.5 Å². The maximum absolute atomic E-state index is 13.5. The van der Waals surface area contributed by atoms with Crippen LogP contribution in [0.25, 0.3) is 22.0 Å². The molecule has 0 aliphatic rings. The minimum absolute atomic E-state index is 0.222. The van der Waals surface area contributed by atoms with E-state index in [4.69, 9.17) is 0 Å². The number of fused-ring (bicyclic) bond motifs is 1. The van der Waals surface area contributed by atoms with Gasteiger partial charge in [0.15, 0.2) is 0 Å². The van der Waals surface area contributed by atoms with Crippen LogP contribution in [0.3, 0.4) is 0 Å². The fourth-order valence-electron chi connectivity index (χ4n) is 3.92. The van der Waals surface area contributed by atoms with Crippen LogP contribution in [0.1, 0.15) is 22.8 Å². The van der Waals surface area contributed by atoms with Crippen LogP contribution >= 0.6 is 0 Å². The number of amides is 1. The summed E-state index contributed by atoms with van der Waals surface area (Å²) in [6.45, 7) is 4.21. The molecule has 0 unspecified atom stereocenters. The monoisotopic (exact) mass is 412 g/mol. The summed E-state index contributed by atoms with van der Waals surface area (Å²) in [6.07, 6.45) is 0. The number of para-hydroxylation sites is 1. The predicted octanol–water partition coefficient (Wildman–Crippen LogP) is 4.89. The third kappa shape index (κ3) is 3.48. The van der Waals surface area contributed by atoms with Gasteiger partial charge in [0.2, 0.25) is 0 Å². The first-order valence-electron chi connectivity index (χ1n) is 10.2. The lowest BCUT2D eigenvalue weighted by atomic mass is 9.97. The van der Waals surface area contributed by atoms with Crippen LogP contribution in [-0.4, -0.2) is 22.1 Å². The minimum Gasteiger partial charge on any atom is -0.506 e. The number of carbonyl (C=O) groups is 1. The van der Waals surface area contributed by atoms with Crippen LogP contribution in [0, 0.1) is 6.92 Å². The van der Waals surface area contributed by atoms with Crippen molar-refractivity contribution in [1.82, 2.24) is 4.57 Å². The SMILES string of the molecule is CCN(C(=O)c1c(O)c2c(-c3ccc(C)cc3)cccc2n(C)c1=O)c1ccccc1. The summed E-state index contributed by atoms with van der Waals surface area (Å²) in [4.78, 5) is 28.1. The average Bonchev–Trinajstić information content (AvgIpc) is 2.79. The van der Waals surface area contributed by atoms with E-state index in [1.807, 2.05) is 80.6 Å². The number of nitrogens with zero attached hydrogens (tertiary/aromatic N) is 2. The van der Waals surface area contributed by atoms with Crippen LogP contribution < -0.4 is 10.5 Å². The fraction of sp³-hybridized carbons (Fsp3) is 0.154. The quantitative estimate of drug-likeness (QED) is 0.519. The van der Waals surface area contributed by atoms with E-state index >= 15 is 0 Å². The van der Waals surface area contributed by atoms with Crippen LogP contribution in [0.4, 0.5) is 5.69 Å². The second-order valence-electron chi connectivity index (χ2n) is 7.54. The Balaban J connectivity index is 1.99. The molecule has 0 aliphatic heterocycles. The van der Waals surface area contributed by atoms with E-state index in [2.05, 4.69) is 0 Å². The van der Waals surface area contributed by atoms with Gasteiger partial charge in [0.05, 0.1) is 5.52 Å². The highest BCUT2D eigenvalue weighted by Crippen LogP contribution is 2.36. The van der Waals surface area contributed by atoms with Crippen molar-refractivity contribution in [3.63, 3.8) is 0 Å². The Morgan fingerprint density at radius 2 is 1.65 bits per heavy atom. The van der Waals surface area contributed by atoms with Gasteiger partial charge in [-0.3, -0.25) is 9.59 Å². The first-order chi connectivity index (χ1) is 14.9. The zero-order chi connectivity index (χ0) is 22.1. The molecule has 0 radical (unpaired) electrons. The van der Waals surface area contributed by atoms with Crippen molar-refractivity contribution in [2.24, 2.45) is 7.05 Å². The number of carbonyl (C=O) groups excluding carboxylic acids is 1. The molecule has 0 bridgehead atoms. The Kier molecular flexibility index (Phi) is 5.34. The van der Waals surface area contributed by atoms with E-state index in [9.17, 15) is 14.7 Å². The predicted molar refractivity (Wildman–Crippen MR) is 125 cm³/mol. The largest absolute Gasteiger partial charge is 0.506 e. The molecule has 4 aromatic rings. The van der Waals surface area contributed by atoms with Crippen molar-refractivity contribution in [2.75, 3.05) is 11.4 Å². The van der Waals surface area contributed by atoms with Crippen molar-refractivity contribution in [3.8, 4) is 16.9 Å². The maximum Gasteiger partial charge on any atom is 0.267 e. The van der Waals surface area contributed by atoms with Crippen molar-refractivity contribution in [2.45, 2.75) is 13.8 Å². The number of aryl methyl sites for hydroxylation is 2. The highest BCUT2D eigenvalue weighted by atomic mass is 16.3. The molecule has 5 nitrogen and oxygen atoms in total. The zero-order valence-corrected chi connectivity index (χ0v) is 17.8. The van der Waals surface area contributed by atoms with Gasteiger partial charge < -0.3 is 14.6 Å². The summed E-state index contributed by atoms with van der Waals surface area (Å²) in [5.74, 6) is -0.805. The lowest BCUT2D eigenvalue weighted by Crippen LogP contribution is -2.36. The van der Waals surface area contributed by atoms with Gasteiger partial charge in [-0.2, -0.15) is 0 Å². The van der Waals surface area contributed by atoms with Crippen LogP contribution in [-0.2, 0) is 7.05 Å². The summed E-state index contributed by atoms with van der Waals surface area (Å²) in [7, 11) is 1.62. The van der Waals surface area contributed by atoms with E-state index in [0.717, 1.165) is 16.7 Å². The molecule has 1 amide bonds. The van der Waals surface area contributed by atoms with E-state index in [-0.39, 0.29) is 11.3 Å². The number of hydrogen-bond donors (Lipinski definition) is 1. The Morgan fingerprint density at radius 3 is 2.29 bits per heavy atom. The topological polar surface area (TPSA) is 62.5 Å². The molecule has 0 saturated carbocycles. The molecule has 4 rings (SSSR count). The molecule has 1 N–H and O–H groups in total. The number of aromatic nitrogens is 1. The lowest BCUT2D eigenvalue weighted by Gasteiger charge is -2.22. The zero-order valence-electron chi connectivity index (χ0n) is 17.8. The molecular weight excluding hydrogens is 388 g/mol. The summed E-state index contributed by atoms with van der Waals surface area (Å²) in [5.41, 5.74) is 3.29. The second-order valence-corrected chi connectivity index (χ2v) is 7.54. The molecular formula is C26H24N2O3. The third-order valence-corrected chi connectivity index (χ3v) is 5.60. The van der Waals surface area contributed by atoms with Crippen LogP contribution in [0.5, 0.6) is 5.75 Å². The molecule has 0 fully saturated rings. The summed E-state index contributed by atoms with van der Waals surface area (Å²) in [6, 6.07) is 22.6. The standard InChI is InChI=1S/C26H24N2O3/c1-4-28(19-9-6-5-7-10-19)26(31)23-24(29)22-20(18-15-13-17(2)14-16-18)11-8-12-21(22)27(3)25(23)30/h5-16,29H,4H2,1-3H3. The molecule has 0 saturated heterocycles. The van der Waals surface area contributed by atoms with E-state index < -0.39 is 11.5 Å². The van der Waals surface area contributed by atoms with E-state index in [1.165, 1.54) is 9.47 Å². The van der Waals surface area contributed by atoms with Gasteiger partial charge >= 0.3 is 0 Å². The summed E-state index contributed by atoms with van der Waals surface area (Å²) < 4.78 is 1.43. The number of pyridine rings is 1. The van der Waals surface area contributed by atoms with Crippen LogP contribution in [0.15, 0.2) is 77.6 Å². The Bertz CT molecular complexity index is 1320. The summed E-state index contributed by atoms with van der Waals surface area (Å²) >= 11 is 0. The van der Waals surface area contributed by atoms with E-state index in [0.29, 0.717) is 23.1 Å². The van der Waals surface area contributed by atoms with E-state index in [1.54, 1.807) is 13.1 Å². The number of benzene rings is 3. The highest BCUT2D eigenvalue weighted by Gasteiger charge is 2.27. The van der Waals surface area contributed by atoms with Gasteiger partial charge in [-0.15, -0.1) is 0 Å². The number of aromatic hydroxyl groups is 1. The molecule has 5 heteroatoms. The smallest absolute Gasteiger partial charge is 0.267 e. The fourth-order valence-corrected chi connectivity index (χ4v) is 3.92. The average molecular weight is 412 g/mol. The van der Waals surface area contributed by atoms with Gasteiger partial charge in [-0.1, -0.05) is 60.2 Å². The van der Waals surface area contributed by atoms with Crippen molar-refractivity contribution in [3.05, 3.63) is 94.3 Å². The number of rotatable bonds is 4. The van der Waals surface area contributed by atoms with Gasteiger partial charge in [-0.25, -0.2) is 0 Å². The molecule has 1 aromatic heterocycles. The van der Waals surface area contributed by atoms with Gasteiger partial charge in [-0.05, 0) is 43.2 Å². The molecule has 156 valence electrons. The summed E-state index contributed by atoms with van der Waals surface area (Å²) in [5, 5.41) is 11.7. The number of hydrogen-bond acceptors (Lipinski definition) is 3. The maximum atomic E-state index is 13.5. The Labute approximate surface area is 180 Å². The first kappa shape index (κ1) is 20.4. The molecule has 0 atom stereocenters. The Hall–Kier alpha value is -3.86. The van der Waals surface area contributed by atoms with Crippen molar-refractivity contribution < 1.29 is 9.90 Å². The Morgan fingerprint density at radius 1 is 0.968 bits per heavy atom. The lowest BCUT2D eigenvalue weighted by molar-refractivity contribution is 0.0984.